The lowest BCUT2D eigenvalue weighted by atomic mass is 10.3. The van der Waals surface area contributed by atoms with Crippen LogP contribution in [0.5, 0.6) is 0 Å². The van der Waals surface area contributed by atoms with E-state index in [0.29, 0.717) is 0 Å². The average Bonchev–Trinajstić information content (AvgIpc) is 2.03. The van der Waals surface area contributed by atoms with Crippen LogP contribution in [0, 0.1) is 0 Å². The predicted octanol–water partition coefficient (Wildman–Crippen LogP) is 2.10. The molecule has 1 aromatic rings. The van der Waals surface area contributed by atoms with Crippen LogP contribution in [0.4, 0.5) is 5.69 Å². The van der Waals surface area contributed by atoms with Crippen LogP contribution in [0.25, 0.3) is 0 Å². The molecule has 2 heteroatoms. The zero-order valence-electron chi connectivity index (χ0n) is 8.22. The van der Waals surface area contributed by atoms with Crippen LogP contribution in [0.15, 0.2) is 30.3 Å². The van der Waals surface area contributed by atoms with Crippen LogP contribution in [0.1, 0.15) is 13.3 Å². The Hall–Kier alpha value is -1.02. The van der Waals surface area contributed by atoms with Gasteiger partial charge in [0.1, 0.15) is 0 Å². The molecule has 1 heterocycles. The molecule has 0 unspecified atom stereocenters. The van der Waals surface area contributed by atoms with Crippen LogP contribution in [0.3, 0.4) is 0 Å². The summed E-state index contributed by atoms with van der Waals surface area (Å²) in [6, 6.07) is 10.2. The minimum absolute atomic E-state index is 0.990. The summed E-state index contributed by atoms with van der Waals surface area (Å²) in [5, 5.41) is 6.32. The van der Waals surface area contributed by atoms with Gasteiger partial charge in [-0.2, -0.15) is 0 Å². The van der Waals surface area contributed by atoms with Crippen LogP contribution in [-0.4, -0.2) is 19.6 Å². The Balaban J connectivity index is 0.000000175. The molecule has 2 nitrogen and oxygen atoms in total. The summed E-state index contributed by atoms with van der Waals surface area (Å²) < 4.78 is 0. The van der Waals surface area contributed by atoms with Crippen LogP contribution >= 0.6 is 0 Å². The van der Waals surface area contributed by atoms with Gasteiger partial charge in [-0.3, -0.25) is 0 Å². The monoisotopic (exact) mass is 178 g/mol. The fourth-order valence-electron chi connectivity index (χ4n) is 0.937. The van der Waals surface area contributed by atoms with Gasteiger partial charge in [-0.1, -0.05) is 18.2 Å². The Morgan fingerprint density at radius 2 is 1.77 bits per heavy atom. The van der Waals surface area contributed by atoms with Crippen molar-refractivity contribution in [2.45, 2.75) is 13.3 Å². The van der Waals surface area contributed by atoms with E-state index in [0.717, 1.165) is 6.54 Å². The highest BCUT2D eigenvalue weighted by Crippen LogP contribution is 2.02. The zero-order valence-corrected chi connectivity index (χ0v) is 8.22. The first-order valence-corrected chi connectivity index (χ1v) is 4.93. The molecule has 0 amide bonds. The number of para-hydroxylation sites is 1. The van der Waals surface area contributed by atoms with E-state index in [9.17, 15) is 0 Å². The minimum atomic E-state index is 0.990. The lowest BCUT2D eigenvalue weighted by Crippen LogP contribution is -2.29. The normalized spacial score (nSPS) is 13.6. The third-order valence-electron chi connectivity index (χ3n) is 1.86. The largest absolute Gasteiger partial charge is 0.385 e. The fraction of sp³-hybridized carbons (Fsp3) is 0.455. The SMILES string of the molecule is C1CNC1.CCNc1ccccc1. The van der Waals surface area contributed by atoms with Crippen molar-refractivity contribution in [1.82, 2.24) is 5.32 Å². The summed E-state index contributed by atoms with van der Waals surface area (Å²) in [6.45, 7) is 5.58. The number of benzene rings is 1. The Labute approximate surface area is 80.4 Å². The lowest BCUT2D eigenvalue weighted by Gasteiger charge is -2.09. The van der Waals surface area contributed by atoms with E-state index in [-0.39, 0.29) is 0 Å². The standard InChI is InChI=1S/C8H11N.C3H7N/c1-2-9-8-6-4-3-5-7-8;1-2-4-3-1/h3-7,9H,2H2,1H3;4H,1-3H2. The molecular weight excluding hydrogens is 160 g/mol. The summed E-state index contributed by atoms with van der Waals surface area (Å²) >= 11 is 0. The van der Waals surface area contributed by atoms with Gasteiger partial charge in [-0.25, -0.2) is 0 Å². The van der Waals surface area contributed by atoms with Crippen molar-refractivity contribution in [3.8, 4) is 0 Å². The molecule has 2 N–H and O–H groups in total. The molecule has 1 aromatic carbocycles. The Morgan fingerprint density at radius 1 is 1.23 bits per heavy atom. The topological polar surface area (TPSA) is 24.1 Å². The van der Waals surface area contributed by atoms with E-state index in [1.807, 2.05) is 18.2 Å². The van der Waals surface area contributed by atoms with Crippen molar-refractivity contribution >= 4 is 5.69 Å². The summed E-state index contributed by atoms with van der Waals surface area (Å²) in [6.07, 6.45) is 1.39. The highest BCUT2D eigenvalue weighted by atomic mass is 14.9. The maximum Gasteiger partial charge on any atom is 0.0340 e. The molecular formula is C11H18N2. The Morgan fingerprint density at radius 3 is 2.15 bits per heavy atom. The van der Waals surface area contributed by atoms with E-state index in [1.54, 1.807) is 0 Å². The molecule has 1 aliphatic heterocycles. The molecule has 0 spiro atoms. The maximum atomic E-state index is 3.21. The summed E-state index contributed by atoms with van der Waals surface area (Å²) in [4.78, 5) is 0. The van der Waals surface area contributed by atoms with E-state index in [4.69, 9.17) is 0 Å². The first kappa shape index (κ1) is 10.1. The van der Waals surface area contributed by atoms with Crippen LogP contribution < -0.4 is 10.6 Å². The maximum absolute atomic E-state index is 3.21. The molecule has 0 aliphatic carbocycles. The lowest BCUT2D eigenvalue weighted by molar-refractivity contribution is 0.527. The first-order valence-electron chi connectivity index (χ1n) is 4.93. The predicted molar refractivity (Wildman–Crippen MR) is 58.1 cm³/mol. The van der Waals surface area contributed by atoms with E-state index in [2.05, 4.69) is 29.7 Å². The van der Waals surface area contributed by atoms with Gasteiger partial charge in [0, 0.05) is 12.2 Å². The summed E-state index contributed by atoms with van der Waals surface area (Å²) in [5.41, 5.74) is 1.19. The Kier molecular flexibility index (Phi) is 5.02. The molecule has 0 atom stereocenters. The third-order valence-corrected chi connectivity index (χ3v) is 1.86. The number of nitrogens with one attached hydrogen (secondary N) is 2. The fourth-order valence-corrected chi connectivity index (χ4v) is 0.937. The molecule has 0 bridgehead atoms. The third kappa shape index (κ3) is 4.53. The van der Waals surface area contributed by atoms with Crippen LogP contribution in [-0.2, 0) is 0 Å². The number of rotatable bonds is 2. The smallest absolute Gasteiger partial charge is 0.0340 e. The van der Waals surface area contributed by atoms with E-state index >= 15 is 0 Å². The van der Waals surface area contributed by atoms with Gasteiger partial charge >= 0.3 is 0 Å². The molecule has 0 aromatic heterocycles. The van der Waals surface area contributed by atoms with Gasteiger partial charge in [0.2, 0.25) is 0 Å². The van der Waals surface area contributed by atoms with Crippen molar-refractivity contribution in [3.05, 3.63) is 30.3 Å². The highest BCUT2D eigenvalue weighted by Gasteiger charge is 1.92. The van der Waals surface area contributed by atoms with Gasteiger partial charge in [-0.15, -0.1) is 0 Å². The van der Waals surface area contributed by atoms with Crippen molar-refractivity contribution in [2.75, 3.05) is 25.0 Å². The Bertz CT molecular complexity index is 201. The molecule has 2 rings (SSSR count). The molecule has 1 saturated heterocycles. The van der Waals surface area contributed by atoms with Crippen molar-refractivity contribution < 1.29 is 0 Å². The molecule has 0 radical (unpaired) electrons. The second-order valence-corrected chi connectivity index (χ2v) is 3.00. The van der Waals surface area contributed by atoms with E-state index in [1.165, 1.54) is 25.2 Å². The highest BCUT2D eigenvalue weighted by molar-refractivity contribution is 5.41. The summed E-state index contributed by atoms with van der Waals surface area (Å²) in [5.74, 6) is 0. The molecule has 0 saturated carbocycles. The first-order chi connectivity index (χ1) is 6.43. The second kappa shape index (κ2) is 6.49. The van der Waals surface area contributed by atoms with E-state index < -0.39 is 0 Å². The minimum Gasteiger partial charge on any atom is -0.385 e. The van der Waals surface area contributed by atoms with Crippen molar-refractivity contribution in [3.63, 3.8) is 0 Å². The molecule has 13 heavy (non-hydrogen) atoms. The number of hydrogen-bond donors (Lipinski definition) is 2. The number of anilines is 1. The van der Waals surface area contributed by atoms with Crippen LogP contribution in [0.2, 0.25) is 0 Å². The van der Waals surface area contributed by atoms with Crippen molar-refractivity contribution in [2.24, 2.45) is 0 Å². The number of hydrogen-bond acceptors (Lipinski definition) is 2. The molecule has 1 aliphatic rings. The van der Waals surface area contributed by atoms with Gasteiger partial charge in [0.15, 0.2) is 0 Å². The zero-order chi connectivity index (χ0) is 9.36. The molecule has 72 valence electrons. The summed E-state index contributed by atoms with van der Waals surface area (Å²) in [7, 11) is 0. The van der Waals surface area contributed by atoms with Gasteiger partial charge < -0.3 is 10.6 Å². The quantitative estimate of drug-likeness (QED) is 0.724. The average molecular weight is 178 g/mol. The van der Waals surface area contributed by atoms with Gasteiger partial charge in [-0.05, 0) is 38.6 Å². The van der Waals surface area contributed by atoms with Gasteiger partial charge in [0.05, 0.1) is 0 Å². The molecule has 1 fully saturated rings. The van der Waals surface area contributed by atoms with Gasteiger partial charge in [0.25, 0.3) is 0 Å². The van der Waals surface area contributed by atoms with Crippen molar-refractivity contribution in [1.29, 1.82) is 0 Å². The second-order valence-electron chi connectivity index (χ2n) is 3.00.